The minimum atomic E-state index is 0.340. The molecular weight excluding hydrogens is 284 g/mol. The summed E-state index contributed by atoms with van der Waals surface area (Å²) in [4.78, 5) is 9.19. The molecule has 1 aromatic carbocycles. The van der Waals surface area contributed by atoms with Crippen LogP contribution in [0.2, 0.25) is 0 Å². The van der Waals surface area contributed by atoms with E-state index >= 15 is 0 Å². The Bertz CT molecular complexity index is 487. The Morgan fingerprint density at radius 1 is 1.22 bits per heavy atom. The van der Waals surface area contributed by atoms with Crippen LogP contribution in [0.5, 0.6) is 0 Å². The van der Waals surface area contributed by atoms with Crippen LogP contribution in [-0.4, -0.2) is 56.5 Å². The minimum Gasteiger partial charge on any atom is -0.354 e. The van der Waals surface area contributed by atoms with Gasteiger partial charge in [-0.3, -0.25) is 4.99 Å². The molecule has 0 bridgehead atoms. The molecule has 4 nitrogen and oxygen atoms in total. The van der Waals surface area contributed by atoms with E-state index in [0.717, 1.165) is 37.4 Å². The number of nitrogens with zero attached hydrogens (tertiary/aromatic N) is 3. The van der Waals surface area contributed by atoms with Crippen LogP contribution in [-0.2, 0) is 0 Å². The molecule has 0 saturated carbocycles. The highest BCUT2D eigenvalue weighted by molar-refractivity contribution is 5.80. The van der Waals surface area contributed by atoms with E-state index in [-0.39, 0.29) is 0 Å². The van der Waals surface area contributed by atoms with Crippen molar-refractivity contribution >= 4 is 5.96 Å². The smallest absolute Gasteiger partial charge is 0.193 e. The molecule has 1 saturated heterocycles. The predicted molar refractivity (Wildman–Crippen MR) is 98.7 cm³/mol. The Morgan fingerprint density at radius 3 is 2.35 bits per heavy atom. The van der Waals surface area contributed by atoms with E-state index in [9.17, 15) is 0 Å². The molecule has 0 radical (unpaired) electrons. The molecule has 1 heterocycles. The van der Waals surface area contributed by atoms with E-state index < -0.39 is 0 Å². The molecule has 0 spiro atoms. The van der Waals surface area contributed by atoms with Crippen LogP contribution in [0.3, 0.4) is 0 Å². The maximum atomic E-state index is 4.52. The quantitative estimate of drug-likeness (QED) is 0.684. The van der Waals surface area contributed by atoms with Crippen LogP contribution < -0.4 is 5.32 Å². The van der Waals surface area contributed by atoms with Crippen molar-refractivity contribution in [3.8, 4) is 0 Å². The molecule has 128 valence electrons. The lowest BCUT2D eigenvalue weighted by Gasteiger charge is -2.37. The summed E-state index contributed by atoms with van der Waals surface area (Å²) in [6.07, 6.45) is 1.32. The third-order valence-electron chi connectivity index (χ3n) is 4.64. The van der Waals surface area contributed by atoms with Gasteiger partial charge in [-0.15, -0.1) is 0 Å². The molecule has 3 atom stereocenters. The third kappa shape index (κ3) is 4.96. The van der Waals surface area contributed by atoms with E-state index in [0.29, 0.717) is 6.04 Å². The molecular formula is C19H32N4. The molecule has 23 heavy (non-hydrogen) atoms. The van der Waals surface area contributed by atoms with Crippen molar-refractivity contribution in [1.82, 2.24) is 15.1 Å². The van der Waals surface area contributed by atoms with E-state index in [1.807, 2.05) is 7.05 Å². The average molecular weight is 316 g/mol. The maximum Gasteiger partial charge on any atom is 0.193 e. The SMILES string of the molecule is CN=C(NCC(c1ccccc1)N(C)C)N1CC(C)CC(C)C1. The lowest BCUT2D eigenvalue weighted by atomic mass is 9.92. The van der Waals surface area contributed by atoms with Gasteiger partial charge in [0.25, 0.3) is 0 Å². The molecule has 1 fully saturated rings. The van der Waals surface area contributed by atoms with Crippen molar-refractivity contribution < 1.29 is 0 Å². The third-order valence-corrected chi connectivity index (χ3v) is 4.64. The summed E-state index contributed by atoms with van der Waals surface area (Å²) < 4.78 is 0. The first kappa shape index (κ1) is 17.8. The van der Waals surface area contributed by atoms with Crippen molar-refractivity contribution in [2.75, 3.05) is 40.8 Å². The highest BCUT2D eigenvalue weighted by Crippen LogP contribution is 2.21. The van der Waals surface area contributed by atoms with Crippen LogP contribution in [0.1, 0.15) is 31.9 Å². The molecule has 4 heteroatoms. The van der Waals surface area contributed by atoms with Crippen molar-refractivity contribution in [3.63, 3.8) is 0 Å². The lowest BCUT2D eigenvalue weighted by molar-refractivity contribution is 0.206. The Kier molecular flexibility index (Phi) is 6.46. The lowest BCUT2D eigenvalue weighted by Crippen LogP contribution is -2.49. The Labute approximate surface area is 141 Å². The van der Waals surface area contributed by atoms with Crippen LogP contribution >= 0.6 is 0 Å². The fourth-order valence-corrected chi connectivity index (χ4v) is 3.63. The topological polar surface area (TPSA) is 30.9 Å². The highest BCUT2D eigenvalue weighted by atomic mass is 15.3. The van der Waals surface area contributed by atoms with Gasteiger partial charge in [-0.25, -0.2) is 0 Å². The molecule has 1 aliphatic rings. The van der Waals surface area contributed by atoms with Crippen molar-refractivity contribution in [2.45, 2.75) is 26.3 Å². The summed E-state index contributed by atoms with van der Waals surface area (Å²) in [5.41, 5.74) is 1.33. The number of likely N-dealkylation sites (tertiary alicyclic amines) is 1. The number of benzene rings is 1. The number of aliphatic imine (C=N–C) groups is 1. The van der Waals surface area contributed by atoms with E-state index in [1.165, 1.54) is 12.0 Å². The van der Waals surface area contributed by atoms with Crippen LogP contribution in [0.25, 0.3) is 0 Å². The fraction of sp³-hybridized carbons (Fsp3) is 0.632. The zero-order valence-corrected chi connectivity index (χ0v) is 15.3. The van der Waals surface area contributed by atoms with Gasteiger partial charge in [0.1, 0.15) is 0 Å². The first-order valence-corrected chi connectivity index (χ1v) is 8.68. The number of rotatable bonds is 4. The molecule has 1 aromatic rings. The number of hydrogen-bond donors (Lipinski definition) is 1. The Hall–Kier alpha value is -1.55. The monoisotopic (exact) mass is 316 g/mol. The molecule has 0 aromatic heterocycles. The largest absolute Gasteiger partial charge is 0.354 e. The summed E-state index contributed by atoms with van der Waals surface area (Å²) in [5.74, 6) is 2.50. The van der Waals surface area contributed by atoms with Gasteiger partial charge in [0, 0.05) is 26.7 Å². The standard InChI is InChI=1S/C19H32N4/c1-15-11-16(2)14-23(13-15)19(20-3)21-12-18(22(4)5)17-9-7-6-8-10-17/h6-10,15-16,18H,11-14H2,1-5H3,(H,20,21). The molecule has 3 unspecified atom stereocenters. The summed E-state index contributed by atoms with van der Waals surface area (Å²) in [6, 6.07) is 11.0. The molecule has 0 aliphatic carbocycles. The van der Waals surface area contributed by atoms with Crippen LogP contribution in [0.4, 0.5) is 0 Å². The van der Waals surface area contributed by atoms with E-state index in [4.69, 9.17) is 0 Å². The predicted octanol–water partition coefficient (Wildman–Crippen LogP) is 2.84. The molecule has 0 amide bonds. The van der Waals surface area contributed by atoms with Gasteiger partial charge in [0.2, 0.25) is 0 Å². The zero-order valence-electron chi connectivity index (χ0n) is 15.3. The normalized spacial score (nSPS) is 23.9. The Balaban J connectivity index is 2.01. The summed E-state index contributed by atoms with van der Waals surface area (Å²) in [6.45, 7) is 7.73. The molecule has 1 N–H and O–H groups in total. The van der Waals surface area contributed by atoms with Gasteiger partial charge in [0.05, 0.1) is 6.04 Å². The fourth-order valence-electron chi connectivity index (χ4n) is 3.63. The maximum absolute atomic E-state index is 4.52. The van der Waals surface area contributed by atoms with Gasteiger partial charge in [-0.1, -0.05) is 44.2 Å². The van der Waals surface area contributed by atoms with Crippen LogP contribution in [0.15, 0.2) is 35.3 Å². The molecule has 1 aliphatic heterocycles. The summed E-state index contributed by atoms with van der Waals surface area (Å²) >= 11 is 0. The van der Waals surface area contributed by atoms with Crippen molar-refractivity contribution in [3.05, 3.63) is 35.9 Å². The highest BCUT2D eigenvalue weighted by Gasteiger charge is 2.24. The second kappa shape index (κ2) is 8.34. The van der Waals surface area contributed by atoms with Gasteiger partial charge < -0.3 is 15.1 Å². The van der Waals surface area contributed by atoms with E-state index in [2.05, 4.69) is 78.4 Å². The minimum absolute atomic E-state index is 0.340. The molecule has 2 rings (SSSR count). The van der Waals surface area contributed by atoms with Gasteiger partial charge >= 0.3 is 0 Å². The van der Waals surface area contributed by atoms with Crippen molar-refractivity contribution in [2.24, 2.45) is 16.8 Å². The second-order valence-electron chi connectivity index (χ2n) is 7.17. The van der Waals surface area contributed by atoms with E-state index in [1.54, 1.807) is 0 Å². The number of piperidine rings is 1. The second-order valence-corrected chi connectivity index (χ2v) is 7.17. The number of nitrogens with one attached hydrogen (secondary N) is 1. The zero-order chi connectivity index (χ0) is 16.8. The van der Waals surface area contributed by atoms with Gasteiger partial charge in [-0.05, 0) is 37.9 Å². The number of guanidine groups is 1. The first-order chi connectivity index (χ1) is 11.0. The van der Waals surface area contributed by atoms with Crippen LogP contribution in [0, 0.1) is 11.8 Å². The van der Waals surface area contributed by atoms with Gasteiger partial charge in [-0.2, -0.15) is 0 Å². The van der Waals surface area contributed by atoms with Gasteiger partial charge in [0.15, 0.2) is 5.96 Å². The first-order valence-electron chi connectivity index (χ1n) is 8.68. The summed E-state index contributed by atoms with van der Waals surface area (Å²) in [7, 11) is 6.15. The number of likely N-dealkylation sites (N-methyl/N-ethyl adjacent to an activating group) is 1. The number of hydrogen-bond acceptors (Lipinski definition) is 2. The summed E-state index contributed by atoms with van der Waals surface area (Å²) in [5, 5.41) is 3.59. The van der Waals surface area contributed by atoms with Crippen molar-refractivity contribution in [1.29, 1.82) is 0 Å². The Morgan fingerprint density at radius 2 is 1.83 bits per heavy atom. The average Bonchev–Trinajstić information content (AvgIpc) is 2.51.